The van der Waals surface area contributed by atoms with Crippen LogP contribution in [0, 0.1) is 0 Å². The van der Waals surface area contributed by atoms with Crippen molar-refractivity contribution in [3.05, 3.63) is 65.1 Å². The highest BCUT2D eigenvalue weighted by Gasteiger charge is 2.01. The number of fused-ring (bicyclic) bond motifs is 1. The van der Waals surface area contributed by atoms with Gasteiger partial charge in [0.1, 0.15) is 0 Å². The fourth-order valence-electron chi connectivity index (χ4n) is 1.91. The van der Waals surface area contributed by atoms with Gasteiger partial charge in [0.2, 0.25) is 0 Å². The average molecular weight is 252 g/mol. The lowest BCUT2D eigenvalue weighted by Crippen LogP contribution is -2.06. The molecule has 0 saturated carbocycles. The zero-order valence-corrected chi connectivity index (χ0v) is 11.1. The summed E-state index contributed by atoms with van der Waals surface area (Å²) >= 11 is 0. The summed E-state index contributed by atoms with van der Waals surface area (Å²) in [6, 6.07) is 15.8. The Hall–Kier alpha value is -2.42. The lowest BCUT2D eigenvalue weighted by molar-refractivity contribution is 1.01. The Morgan fingerprint density at radius 3 is 2.42 bits per heavy atom. The van der Waals surface area contributed by atoms with E-state index in [1.54, 1.807) is 6.20 Å². The second kappa shape index (κ2) is 5.96. The molecule has 0 atom stereocenters. The van der Waals surface area contributed by atoms with Gasteiger partial charge in [0, 0.05) is 5.39 Å². The summed E-state index contributed by atoms with van der Waals surface area (Å²) < 4.78 is 0. The van der Waals surface area contributed by atoms with Crippen molar-refractivity contribution in [1.29, 1.82) is 0 Å². The van der Waals surface area contributed by atoms with Crippen molar-refractivity contribution in [3.63, 3.8) is 0 Å². The molecule has 0 unspecified atom stereocenters. The van der Waals surface area contributed by atoms with Gasteiger partial charge in [0.15, 0.2) is 0 Å². The van der Waals surface area contributed by atoms with Crippen LogP contribution in [0.2, 0.25) is 0 Å². The number of benzene rings is 2. The van der Waals surface area contributed by atoms with Crippen LogP contribution < -0.4 is 5.56 Å². The van der Waals surface area contributed by atoms with Gasteiger partial charge >= 0.3 is 0 Å². The zero-order chi connectivity index (χ0) is 13.7. The molecule has 2 aromatic carbocycles. The molecule has 19 heavy (non-hydrogen) atoms. The third kappa shape index (κ3) is 2.71. The number of nitrogens with zero attached hydrogens (tertiary/aromatic N) is 1. The molecule has 0 amide bonds. The van der Waals surface area contributed by atoms with Gasteiger partial charge in [-0.2, -0.15) is 5.10 Å². The van der Waals surface area contributed by atoms with Gasteiger partial charge in [0.25, 0.3) is 5.56 Å². The fourth-order valence-corrected chi connectivity index (χ4v) is 1.91. The zero-order valence-electron chi connectivity index (χ0n) is 11.1. The number of aromatic amines is 1. The van der Waals surface area contributed by atoms with E-state index < -0.39 is 0 Å². The quantitative estimate of drug-likeness (QED) is 0.719. The molecule has 1 heterocycles. The highest BCUT2D eigenvalue weighted by molar-refractivity contribution is 5.85. The summed E-state index contributed by atoms with van der Waals surface area (Å²) in [5.41, 5.74) is 2.07. The summed E-state index contributed by atoms with van der Waals surface area (Å²) in [5, 5.41) is 7.76. The number of hydrogen-bond donors (Lipinski definition) is 1. The monoisotopic (exact) mass is 252 g/mol. The number of aromatic nitrogens is 2. The van der Waals surface area contributed by atoms with Gasteiger partial charge in [-0.15, -0.1) is 0 Å². The smallest absolute Gasteiger partial charge is 0.267 e. The molecule has 0 bridgehead atoms. The first kappa shape index (κ1) is 13.0. The number of rotatable bonds is 1. The molecular weight excluding hydrogens is 236 g/mol. The second-order valence-corrected chi connectivity index (χ2v) is 3.87. The Bertz CT molecular complexity index is 717. The summed E-state index contributed by atoms with van der Waals surface area (Å²) in [5.74, 6) is 0. The van der Waals surface area contributed by atoms with E-state index in [1.807, 2.05) is 62.4 Å². The van der Waals surface area contributed by atoms with Crippen LogP contribution >= 0.6 is 0 Å². The Morgan fingerprint density at radius 1 is 0.947 bits per heavy atom. The minimum atomic E-state index is -0.151. The van der Waals surface area contributed by atoms with Crippen LogP contribution in [0.5, 0.6) is 0 Å². The standard InChI is InChI=1S/C14H10N2O.C2H6/c17-14-13-7-6-11(8-12(13)9-15-16-14)10-4-2-1-3-5-10;1-2/h1-9H,(H,16,17);1-2H3. The first-order valence-corrected chi connectivity index (χ1v) is 6.37. The van der Waals surface area contributed by atoms with E-state index in [9.17, 15) is 4.79 Å². The molecule has 0 aliphatic rings. The third-order valence-electron chi connectivity index (χ3n) is 2.77. The van der Waals surface area contributed by atoms with E-state index in [0.717, 1.165) is 16.5 Å². The molecule has 3 heteroatoms. The average Bonchev–Trinajstić information content (AvgIpc) is 2.50. The maximum absolute atomic E-state index is 11.5. The van der Waals surface area contributed by atoms with Crippen LogP contribution in [0.3, 0.4) is 0 Å². The number of H-pyrrole nitrogens is 1. The van der Waals surface area contributed by atoms with Crippen molar-refractivity contribution in [2.45, 2.75) is 13.8 Å². The molecular formula is C16H16N2O. The maximum Gasteiger partial charge on any atom is 0.272 e. The normalized spacial score (nSPS) is 9.79. The maximum atomic E-state index is 11.5. The summed E-state index contributed by atoms with van der Waals surface area (Å²) in [6.07, 6.45) is 1.67. The first-order chi connectivity index (χ1) is 9.34. The molecule has 0 spiro atoms. The Kier molecular flexibility index (Phi) is 4.08. The molecule has 0 fully saturated rings. The number of hydrogen-bond acceptors (Lipinski definition) is 2. The lowest BCUT2D eigenvalue weighted by Gasteiger charge is -2.02. The fraction of sp³-hybridized carbons (Fsp3) is 0.125. The molecule has 0 saturated heterocycles. The Labute approximate surface area is 111 Å². The van der Waals surface area contributed by atoms with Crippen molar-refractivity contribution in [2.75, 3.05) is 0 Å². The SMILES string of the molecule is CC.O=c1[nH]ncc2cc(-c3ccccc3)ccc12. The van der Waals surface area contributed by atoms with Gasteiger partial charge in [-0.3, -0.25) is 4.79 Å². The first-order valence-electron chi connectivity index (χ1n) is 6.37. The highest BCUT2D eigenvalue weighted by Crippen LogP contribution is 2.21. The van der Waals surface area contributed by atoms with Crippen molar-refractivity contribution >= 4 is 10.8 Å². The topological polar surface area (TPSA) is 45.8 Å². The van der Waals surface area contributed by atoms with Crippen LogP contribution in [0.1, 0.15) is 13.8 Å². The third-order valence-corrected chi connectivity index (χ3v) is 2.77. The van der Waals surface area contributed by atoms with Gasteiger partial charge < -0.3 is 0 Å². The van der Waals surface area contributed by atoms with Gasteiger partial charge in [-0.1, -0.05) is 50.2 Å². The van der Waals surface area contributed by atoms with Crippen molar-refractivity contribution in [1.82, 2.24) is 10.2 Å². The molecule has 1 N–H and O–H groups in total. The predicted molar refractivity (Wildman–Crippen MR) is 79.1 cm³/mol. The summed E-state index contributed by atoms with van der Waals surface area (Å²) in [6.45, 7) is 4.00. The molecule has 0 radical (unpaired) electrons. The lowest BCUT2D eigenvalue weighted by atomic mass is 10.0. The summed E-state index contributed by atoms with van der Waals surface area (Å²) in [7, 11) is 0. The van der Waals surface area contributed by atoms with E-state index >= 15 is 0 Å². The van der Waals surface area contributed by atoms with E-state index in [0.29, 0.717) is 5.39 Å². The molecule has 0 aliphatic heterocycles. The summed E-state index contributed by atoms with van der Waals surface area (Å²) in [4.78, 5) is 11.5. The predicted octanol–water partition coefficient (Wildman–Crippen LogP) is 3.62. The van der Waals surface area contributed by atoms with Crippen LogP contribution in [-0.4, -0.2) is 10.2 Å². The second-order valence-electron chi connectivity index (χ2n) is 3.87. The van der Waals surface area contributed by atoms with Crippen molar-refractivity contribution in [3.8, 4) is 11.1 Å². The minimum Gasteiger partial charge on any atom is -0.267 e. The molecule has 96 valence electrons. The largest absolute Gasteiger partial charge is 0.272 e. The van der Waals surface area contributed by atoms with Crippen LogP contribution in [0.25, 0.3) is 21.9 Å². The van der Waals surface area contributed by atoms with E-state index in [-0.39, 0.29) is 5.56 Å². The van der Waals surface area contributed by atoms with Crippen molar-refractivity contribution < 1.29 is 0 Å². The molecule has 0 aliphatic carbocycles. The van der Waals surface area contributed by atoms with E-state index in [1.165, 1.54) is 0 Å². The van der Waals surface area contributed by atoms with E-state index in [4.69, 9.17) is 0 Å². The molecule has 1 aromatic heterocycles. The minimum absolute atomic E-state index is 0.151. The molecule has 3 nitrogen and oxygen atoms in total. The van der Waals surface area contributed by atoms with Crippen molar-refractivity contribution in [2.24, 2.45) is 0 Å². The van der Waals surface area contributed by atoms with Crippen LogP contribution in [0.4, 0.5) is 0 Å². The van der Waals surface area contributed by atoms with Gasteiger partial charge in [-0.05, 0) is 23.3 Å². The van der Waals surface area contributed by atoms with Crippen LogP contribution in [-0.2, 0) is 0 Å². The highest BCUT2D eigenvalue weighted by atomic mass is 16.1. The van der Waals surface area contributed by atoms with Gasteiger partial charge in [0.05, 0.1) is 11.6 Å². The Morgan fingerprint density at radius 2 is 1.68 bits per heavy atom. The molecule has 3 rings (SSSR count). The molecule has 3 aromatic rings. The Balaban J connectivity index is 0.000000637. The number of nitrogens with one attached hydrogen (secondary N) is 1. The van der Waals surface area contributed by atoms with Crippen LogP contribution in [0.15, 0.2) is 59.5 Å². The van der Waals surface area contributed by atoms with Gasteiger partial charge in [-0.25, -0.2) is 5.10 Å². The van der Waals surface area contributed by atoms with E-state index in [2.05, 4.69) is 10.2 Å².